The van der Waals surface area contributed by atoms with Crippen molar-refractivity contribution >= 4 is 12.4 Å². The molecule has 1 fully saturated rings. The predicted molar refractivity (Wildman–Crippen MR) is 61.0 cm³/mol. The minimum absolute atomic E-state index is 0. The van der Waals surface area contributed by atoms with E-state index in [1.54, 1.807) is 11.1 Å². The van der Waals surface area contributed by atoms with Crippen molar-refractivity contribution in [1.82, 2.24) is 4.90 Å². The molecule has 1 nitrogen and oxygen atoms in total. The molecule has 0 saturated carbocycles. The first-order valence-corrected chi connectivity index (χ1v) is 5.15. The molecule has 3 aliphatic rings. The Morgan fingerprint density at radius 3 is 2.57 bits per heavy atom. The number of benzene rings is 1. The van der Waals surface area contributed by atoms with Crippen molar-refractivity contribution in [3.8, 4) is 0 Å². The molecule has 2 unspecified atom stereocenters. The van der Waals surface area contributed by atoms with E-state index in [1.807, 2.05) is 0 Å². The number of nitrogens with zero attached hydrogens (tertiary/aromatic N) is 1. The molecule has 2 heterocycles. The van der Waals surface area contributed by atoms with Crippen LogP contribution in [0.4, 0.5) is 0 Å². The van der Waals surface area contributed by atoms with Crippen molar-refractivity contribution in [1.29, 1.82) is 0 Å². The molecule has 2 atom stereocenters. The van der Waals surface area contributed by atoms with Crippen molar-refractivity contribution < 1.29 is 0 Å². The molecule has 0 spiro atoms. The molecular formula is C12H16ClN. The molecule has 1 aliphatic carbocycles. The van der Waals surface area contributed by atoms with Crippen LogP contribution in [0.5, 0.6) is 0 Å². The number of hydrogen-bond donors (Lipinski definition) is 0. The van der Waals surface area contributed by atoms with E-state index in [4.69, 9.17) is 0 Å². The maximum absolute atomic E-state index is 2.51. The largest absolute Gasteiger partial charge is 0.299 e. The lowest BCUT2D eigenvalue weighted by Gasteiger charge is -2.44. The number of rotatable bonds is 0. The van der Waals surface area contributed by atoms with Crippen LogP contribution < -0.4 is 0 Å². The van der Waals surface area contributed by atoms with Gasteiger partial charge in [0.25, 0.3) is 0 Å². The summed E-state index contributed by atoms with van der Waals surface area (Å²) in [6.45, 7) is 1.27. The maximum atomic E-state index is 2.51. The first kappa shape index (κ1) is 10.0. The average molecular weight is 210 g/mol. The molecule has 1 aromatic carbocycles. The van der Waals surface area contributed by atoms with Gasteiger partial charge in [-0.2, -0.15) is 0 Å². The second kappa shape index (κ2) is 3.56. The van der Waals surface area contributed by atoms with Gasteiger partial charge in [-0.05, 0) is 36.9 Å². The van der Waals surface area contributed by atoms with E-state index in [9.17, 15) is 0 Å². The van der Waals surface area contributed by atoms with Crippen LogP contribution in [-0.4, -0.2) is 18.5 Å². The Morgan fingerprint density at radius 2 is 1.86 bits per heavy atom. The summed E-state index contributed by atoms with van der Waals surface area (Å²) in [7, 11) is 2.26. The molecule has 4 rings (SSSR count). The molecule has 1 aromatic rings. The topological polar surface area (TPSA) is 3.24 Å². The lowest BCUT2D eigenvalue weighted by atomic mass is 9.75. The van der Waals surface area contributed by atoms with Gasteiger partial charge in [-0.1, -0.05) is 24.3 Å². The first-order valence-electron chi connectivity index (χ1n) is 5.15. The van der Waals surface area contributed by atoms with E-state index in [0.29, 0.717) is 6.04 Å². The van der Waals surface area contributed by atoms with Gasteiger partial charge in [-0.15, -0.1) is 12.4 Å². The molecular weight excluding hydrogens is 194 g/mol. The van der Waals surface area contributed by atoms with E-state index in [0.717, 1.165) is 5.92 Å². The quantitative estimate of drug-likeness (QED) is 0.635. The highest BCUT2D eigenvalue weighted by Crippen LogP contribution is 2.45. The van der Waals surface area contributed by atoms with E-state index >= 15 is 0 Å². The van der Waals surface area contributed by atoms with E-state index in [2.05, 4.69) is 36.2 Å². The molecule has 0 N–H and O–H groups in total. The Bertz CT molecular complexity index is 337. The highest BCUT2D eigenvalue weighted by Gasteiger charge is 2.35. The summed E-state index contributed by atoms with van der Waals surface area (Å²) in [5.74, 6) is 0.811. The summed E-state index contributed by atoms with van der Waals surface area (Å²) in [6.07, 6.45) is 2.75. The highest BCUT2D eigenvalue weighted by atomic mass is 35.5. The number of hydrogen-bond acceptors (Lipinski definition) is 1. The minimum Gasteiger partial charge on any atom is -0.299 e. The van der Waals surface area contributed by atoms with Crippen molar-refractivity contribution in [3.63, 3.8) is 0 Å². The van der Waals surface area contributed by atoms with Crippen LogP contribution in [-0.2, 0) is 0 Å². The molecule has 2 aliphatic heterocycles. The van der Waals surface area contributed by atoms with Crippen LogP contribution in [0.3, 0.4) is 0 Å². The van der Waals surface area contributed by atoms with Crippen LogP contribution >= 0.6 is 12.4 Å². The van der Waals surface area contributed by atoms with Gasteiger partial charge >= 0.3 is 0 Å². The lowest BCUT2D eigenvalue weighted by Crippen LogP contribution is -2.39. The third-order valence-electron chi connectivity index (χ3n) is 3.62. The number of likely N-dealkylation sites (N-methyl/N-ethyl adjacent to an activating group) is 1. The fraction of sp³-hybridized carbons (Fsp3) is 0.500. The Balaban J connectivity index is 0.000000750. The zero-order valence-corrected chi connectivity index (χ0v) is 9.26. The maximum Gasteiger partial charge on any atom is 0.0348 e. The molecule has 0 amide bonds. The third-order valence-corrected chi connectivity index (χ3v) is 3.62. The van der Waals surface area contributed by atoms with Crippen molar-refractivity contribution in [3.05, 3.63) is 35.4 Å². The summed E-state index contributed by atoms with van der Waals surface area (Å²) >= 11 is 0. The Labute approximate surface area is 91.5 Å². The van der Waals surface area contributed by atoms with Gasteiger partial charge in [0, 0.05) is 12.6 Å². The van der Waals surface area contributed by atoms with Crippen molar-refractivity contribution in [2.45, 2.75) is 24.8 Å². The SMILES string of the molecule is CN1CC2CCC1c1ccccc12.Cl. The van der Waals surface area contributed by atoms with E-state index in [1.165, 1.54) is 19.4 Å². The van der Waals surface area contributed by atoms with Gasteiger partial charge in [0.2, 0.25) is 0 Å². The second-order valence-electron chi connectivity index (χ2n) is 4.36. The van der Waals surface area contributed by atoms with E-state index in [-0.39, 0.29) is 12.4 Å². The normalized spacial score (nSPS) is 29.5. The molecule has 14 heavy (non-hydrogen) atoms. The molecule has 0 radical (unpaired) electrons. The molecule has 2 bridgehead atoms. The van der Waals surface area contributed by atoms with Crippen LogP contribution in [0, 0.1) is 0 Å². The van der Waals surface area contributed by atoms with Gasteiger partial charge in [-0.25, -0.2) is 0 Å². The molecule has 1 saturated heterocycles. The third kappa shape index (κ3) is 1.27. The van der Waals surface area contributed by atoms with E-state index < -0.39 is 0 Å². The van der Waals surface area contributed by atoms with Crippen molar-refractivity contribution in [2.75, 3.05) is 13.6 Å². The zero-order chi connectivity index (χ0) is 8.84. The van der Waals surface area contributed by atoms with Crippen molar-refractivity contribution in [2.24, 2.45) is 0 Å². The van der Waals surface area contributed by atoms with Crippen LogP contribution in [0.1, 0.15) is 35.9 Å². The summed E-state index contributed by atoms with van der Waals surface area (Å²) in [5.41, 5.74) is 3.21. The lowest BCUT2D eigenvalue weighted by molar-refractivity contribution is 0.146. The Morgan fingerprint density at radius 1 is 1.14 bits per heavy atom. The van der Waals surface area contributed by atoms with Gasteiger partial charge in [0.1, 0.15) is 0 Å². The summed E-state index contributed by atoms with van der Waals surface area (Å²) in [6, 6.07) is 9.69. The van der Waals surface area contributed by atoms with Gasteiger partial charge in [0.15, 0.2) is 0 Å². The van der Waals surface area contributed by atoms with Gasteiger partial charge in [0.05, 0.1) is 0 Å². The average Bonchev–Trinajstić information content (AvgIpc) is 2.19. The fourth-order valence-corrected chi connectivity index (χ4v) is 2.98. The smallest absolute Gasteiger partial charge is 0.0348 e. The number of halogens is 1. The van der Waals surface area contributed by atoms with Gasteiger partial charge < -0.3 is 0 Å². The predicted octanol–water partition coefficient (Wildman–Crippen LogP) is 2.97. The number of fused-ring (bicyclic) bond motifs is 2. The first-order chi connectivity index (χ1) is 6.36. The minimum atomic E-state index is 0. The summed E-state index contributed by atoms with van der Waals surface area (Å²) < 4.78 is 0. The second-order valence-corrected chi connectivity index (χ2v) is 4.36. The summed E-state index contributed by atoms with van der Waals surface area (Å²) in [5, 5.41) is 0. The fourth-order valence-electron chi connectivity index (χ4n) is 2.98. The zero-order valence-electron chi connectivity index (χ0n) is 8.44. The molecule has 0 aromatic heterocycles. The van der Waals surface area contributed by atoms with Crippen LogP contribution in [0.25, 0.3) is 0 Å². The monoisotopic (exact) mass is 209 g/mol. The summed E-state index contributed by atoms with van der Waals surface area (Å²) in [4.78, 5) is 2.51. The highest BCUT2D eigenvalue weighted by molar-refractivity contribution is 5.85. The Kier molecular flexibility index (Phi) is 2.54. The van der Waals surface area contributed by atoms with Crippen LogP contribution in [0.2, 0.25) is 0 Å². The molecule has 2 heteroatoms. The van der Waals surface area contributed by atoms with Gasteiger partial charge in [-0.3, -0.25) is 4.90 Å². The molecule has 76 valence electrons. The standard InChI is InChI=1S/C12H15N.ClH/c1-13-8-9-6-7-12(13)11-5-3-2-4-10(9)11;/h2-5,9,12H,6-8H2,1H3;1H. The number of piperidine rings is 1. The Hall–Kier alpha value is -0.530. The van der Waals surface area contributed by atoms with Crippen LogP contribution in [0.15, 0.2) is 24.3 Å².